The van der Waals surface area contributed by atoms with Crippen molar-refractivity contribution in [1.29, 1.82) is 0 Å². The summed E-state index contributed by atoms with van der Waals surface area (Å²) < 4.78 is 5.09. The number of halogens is 1. The van der Waals surface area contributed by atoms with E-state index in [4.69, 9.17) is 16.0 Å². The number of carbonyl (C=O) groups is 2. The molecule has 2 heterocycles. The number of amides is 2. The van der Waals surface area contributed by atoms with E-state index < -0.39 is 0 Å². The second kappa shape index (κ2) is 8.85. The Morgan fingerprint density at radius 1 is 1.35 bits per heavy atom. The Morgan fingerprint density at radius 3 is 2.96 bits per heavy atom. The van der Waals surface area contributed by atoms with Crippen LogP contribution in [0.4, 0.5) is 0 Å². The highest BCUT2D eigenvalue weighted by Crippen LogP contribution is 2.22. The third-order valence-electron chi connectivity index (χ3n) is 4.66. The van der Waals surface area contributed by atoms with E-state index in [9.17, 15) is 9.59 Å². The molecule has 0 aliphatic carbocycles. The van der Waals surface area contributed by atoms with Gasteiger partial charge in [-0.25, -0.2) is 4.98 Å². The van der Waals surface area contributed by atoms with Gasteiger partial charge in [-0.1, -0.05) is 29.8 Å². The van der Waals surface area contributed by atoms with Crippen LogP contribution in [0.3, 0.4) is 0 Å². The van der Waals surface area contributed by atoms with E-state index in [1.165, 1.54) is 12.6 Å². The van der Waals surface area contributed by atoms with Crippen molar-refractivity contribution in [3.05, 3.63) is 53.2 Å². The molecule has 1 unspecified atom stereocenters. The predicted octanol–water partition coefficient (Wildman–Crippen LogP) is 3.28. The van der Waals surface area contributed by atoms with Gasteiger partial charge in [0.15, 0.2) is 6.39 Å². The van der Waals surface area contributed by atoms with E-state index >= 15 is 0 Å². The molecule has 26 heavy (non-hydrogen) atoms. The zero-order valence-corrected chi connectivity index (χ0v) is 15.2. The molecular weight excluding hydrogens is 354 g/mol. The highest BCUT2D eigenvalue weighted by Gasteiger charge is 2.26. The van der Waals surface area contributed by atoms with Crippen molar-refractivity contribution in [3.8, 4) is 0 Å². The van der Waals surface area contributed by atoms with E-state index in [2.05, 4.69) is 10.3 Å². The van der Waals surface area contributed by atoms with Crippen LogP contribution in [0, 0.1) is 5.92 Å². The maximum atomic E-state index is 12.3. The van der Waals surface area contributed by atoms with E-state index in [0.29, 0.717) is 30.5 Å². The van der Waals surface area contributed by atoms with Crippen LogP contribution < -0.4 is 5.32 Å². The number of aromatic nitrogens is 1. The molecule has 2 aromatic rings. The molecule has 1 atom stereocenters. The first-order valence-corrected chi connectivity index (χ1v) is 9.19. The van der Waals surface area contributed by atoms with E-state index in [-0.39, 0.29) is 17.6 Å². The maximum absolute atomic E-state index is 12.3. The molecule has 2 amide bonds. The highest BCUT2D eigenvalue weighted by atomic mass is 35.5. The molecule has 0 spiro atoms. The Bertz CT molecular complexity index is 748. The topological polar surface area (TPSA) is 75.4 Å². The first-order chi connectivity index (χ1) is 12.6. The second-order valence-corrected chi connectivity index (χ2v) is 6.94. The number of likely N-dealkylation sites (tertiary alicyclic amines) is 1. The SMILES string of the molecule is O=C(CCC1CCCN(C(=O)c2cnco2)C1)NCc1ccccc1Cl. The fourth-order valence-corrected chi connectivity index (χ4v) is 3.42. The zero-order valence-electron chi connectivity index (χ0n) is 14.5. The predicted molar refractivity (Wildman–Crippen MR) is 97.7 cm³/mol. The van der Waals surface area contributed by atoms with Crippen molar-refractivity contribution in [3.63, 3.8) is 0 Å². The van der Waals surface area contributed by atoms with Gasteiger partial charge in [0, 0.05) is 31.1 Å². The lowest BCUT2D eigenvalue weighted by atomic mass is 9.93. The first-order valence-electron chi connectivity index (χ1n) is 8.81. The molecule has 6 nitrogen and oxygen atoms in total. The first kappa shape index (κ1) is 18.5. The lowest BCUT2D eigenvalue weighted by Crippen LogP contribution is -2.40. The molecule has 3 rings (SSSR count). The minimum Gasteiger partial charge on any atom is -0.438 e. The van der Waals surface area contributed by atoms with Crippen molar-refractivity contribution in [2.45, 2.75) is 32.2 Å². The van der Waals surface area contributed by atoms with Gasteiger partial charge in [-0.05, 0) is 36.8 Å². The standard InChI is InChI=1S/C19H22ClN3O3/c20-16-6-2-1-5-15(16)10-22-18(24)8-7-14-4-3-9-23(12-14)19(25)17-11-21-13-26-17/h1-2,5-6,11,13-14H,3-4,7-10,12H2,(H,22,24). The van der Waals surface area contributed by atoms with Crippen LogP contribution in [0.1, 0.15) is 41.8 Å². The number of benzene rings is 1. The number of piperidine rings is 1. The Hall–Kier alpha value is -2.34. The summed E-state index contributed by atoms with van der Waals surface area (Å²) in [6.45, 7) is 1.80. The summed E-state index contributed by atoms with van der Waals surface area (Å²) in [5, 5.41) is 3.56. The molecule has 0 radical (unpaired) electrons. The summed E-state index contributed by atoms with van der Waals surface area (Å²) in [4.78, 5) is 30.0. The lowest BCUT2D eigenvalue weighted by molar-refractivity contribution is -0.121. The van der Waals surface area contributed by atoms with Crippen LogP contribution >= 0.6 is 11.6 Å². The van der Waals surface area contributed by atoms with Gasteiger partial charge in [-0.2, -0.15) is 0 Å². The summed E-state index contributed by atoms with van der Waals surface area (Å²) in [6, 6.07) is 7.47. The number of nitrogens with one attached hydrogen (secondary N) is 1. The second-order valence-electron chi connectivity index (χ2n) is 6.53. The molecule has 0 saturated carbocycles. The summed E-state index contributed by atoms with van der Waals surface area (Å²) in [5.74, 6) is 0.462. The summed E-state index contributed by atoms with van der Waals surface area (Å²) in [7, 11) is 0. The average molecular weight is 376 g/mol. The van der Waals surface area contributed by atoms with Gasteiger partial charge < -0.3 is 14.6 Å². The average Bonchev–Trinajstić information content (AvgIpc) is 3.20. The third kappa shape index (κ3) is 4.85. The Labute approximate surface area is 157 Å². The molecule has 1 aromatic heterocycles. The normalized spacial score (nSPS) is 17.1. The maximum Gasteiger partial charge on any atom is 0.291 e. The minimum absolute atomic E-state index is 0.00334. The van der Waals surface area contributed by atoms with Crippen LogP contribution in [-0.4, -0.2) is 34.8 Å². The van der Waals surface area contributed by atoms with Gasteiger partial charge in [0.2, 0.25) is 11.7 Å². The summed E-state index contributed by atoms with van der Waals surface area (Å²) >= 11 is 6.09. The van der Waals surface area contributed by atoms with E-state index in [0.717, 1.165) is 31.4 Å². The number of nitrogens with zero attached hydrogens (tertiary/aromatic N) is 2. The van der Waals surface area contributed by atoms with Crippen LogP contribution in [0.25, 0.3) is 0 Å². The number of oxazole rings is 1. The van der Waals surface area contributed by atoms with Crippen molar-refractivity contribution >= 4 is 23.4 Å². The highest BCUT2D eigenvalue weighted by molar-refractivity contribution is 6.31. The smallest absolute Gasteiger partial charge is 0.291 e. The van der Waals surface area contributed by atoms with Crippen molar-refractivity contribution in [1.82, 2.24) is 15.2 Å². The Balaban J connectivity index is 1.43. The van der Waals surface area contributed by atoms with E-state index in [1.54, 1.807) is 4.90 Å². The largest absolute Gasteiger partial charge is 0.438 e. The molecule has 1 N–H and O–H groups in total. The Kier molecular flexibility index (Phi) is 6.28. The molecule has 1 aliphatic rings. The van der Waals surface area contributed by atoms with Crippen LogP contribution in [0.5, 0.6) is 0 Å². The van der Waals surface area contributed by atoms with Gasteiger partial charge in [-0.15, -0.1) is 0 Å². The van der Waals surface area contributed by atoms with Crippen molar-refractivity contribution in [2.75, 3.05) is 13.1 Å². The molecule has 1 fully saturated rings. The summed E-state index contributed by atoms with van der Waals surface area (Å²) in [6.07, 6.45) is 5.86. The monoisotopic (exact) mass is 375 g/mol. The van der Waals surface area contributed by atoms with Gasteiger partial charge in [-0.3, -0.25) is 9.59 Å². The van der Waals surface area contributed by atoms with Crippen molar-refractivity contribution < 1.29 is 14.0 Å². The fraction of sp³-hybridized carbons (Fsp3) is 0.421. The van der Waals surface area contributed by atoms with Crippen LogP contribution in [-0.2, 0) is 11.3 Å². The number of hydrogen-bond donors (Lipinski definition) is 1. The van der Waals surface area contributed by atoms with Gasteiger partial charge in [0.05, 0.1) is 6.20 Å². The van der Waals surface area contributed by atoms with Crippen LogP contribution in [0.15, 0.2) is 41.3 Å². The molecule has 0 bridgehead atoms. The zero-order chi connectivity index (χ0) is 18.4. The van der Waals surface area contributed by atoms with Gasteiger partial charge >= 0.3 is 0 Å². The number of rotatable bonds is 6. The van der Waals surface area contributed by atoms with Gasteiger partial charge in [0.25, 0.3) is 5.91 Å². The van der Waals surface area contributed by atoms with Crippen molar-refractivity contribution in [2.24, 2.45) is 5.92 Å². The molecule has 7 heteroatoms. The molecule has 1 aliphatic heterocycles. The summed E-state index contributed by atoms with van der Waals surface area (Å²) in [5.41, 5.74) is 0.906. The third-order valence-corrected chi connectivity index (χ3v) is 5.03. The lowest BCUT2D eigenvalue weighted by Gasteiger charge is -2.32. The Morgan fingerprint density at radius 2 is 2.19 bits per heavy atom. The quantitative estimate of drug-likeness (QED) is 0.840. The molecular formula is C19H22ClN3O3. The minimum atomic E-state index is -0.129. The molecule has 138 valence electrons. The number of carbonyl (C=O) groups excluding carboxylic acids is 2. The number of hydrogen-bond acceptors (Lipinski definition) is 4. The molecule has 1 saturated heterocycles. The fourth-order valence-electron chi connectivity index (χ4n) is 3.22. The van der Waals surface area contributed by atoms with E-state index in [1.807, 2.05) is 24.3 Å². The molecule has 1 aromatic carbocycles. The van der Waals surface area contributed by atoms with Crippen LogP contribution in [0.2, 0.25) is 5.02 Å². The van der Waals surface area contributed by atoms with Gasteiger partial charge in [0.1, 0.15) is 0 Å².